The van der Waals surface area contributed by atoms with Crippen molar-refractivity contribution in [3.05, 3.63) is 47.5 Å². The second-order valence-corrected chi connectivity index (χ2v) is 4.55. The lowest BCUT2D eigenvalue weighted by Gasteiger charge is -2.05. The van der Waals surface area contributed by atoms with E-state index in [1.807, 2.05) is 24.3 Å². The van der Waals surface area contributed by atoms with Crippen LogP contribution in [-0.4, -0.2) is 12.6 Å². The molecule has 0 spiro atoms. The molecular weight excluding hydrogens is 224 g/mol. The molecule has 0 saturated heterocycles. The second-order valence-electron chi connectivity index (χ2n) is 4.55. The quantitative estimate of drug-likeness (QED) is 0.596. The molecule has 2 aromatic rings. The van der Waals surface area contributed by atoms with Crippen molar-refractivity contribution in [1.29, 1.82) is 0 Å². The number of benzene rings is 2. The SMILES string of the molecule is CCCCOC(=O)c1ccc2cc(C)ccc2c1. The molecule has 0 heterocycles. The van der Waals surface area contributed by atoms with Gasteiger partial charge in [0.05, 0.1) is 12.2 Å². The van der Waals surface area contributed by atoms with Crippen molar-refractivity contribution in [2.24, 2.45) is 0 Å². The van der Waals surface area contributed by atoms with Gasteiger partial charge in [0, 0.05) is 0 Å². The van der Waals surface area contributed by atoms with Gasteiger partial charge in [0.15, 0.2) is 0 Å². The van der Waals surface area contributed by atoms with Crippen molar-refractivity contribution >= 4 is 16.7 Å². The number of rotatable bonds is 4. The van der Waals surface area contributed by atoms with Crippen molar-refractivity contribution in [2.75, 3.05) is 6.61 Å². The normalized spacial score (nSPS) is 10.6. The topological polar surface area (TPSA) is 26.3 Å². The van der Waals surface area contributed by atoms with Gasteiger partial charge in [-0.15, -0.1) is 0 Å². The van der Waals surface area contributed by atoms with Crippen LogP contribution in [0.1, 0.15) is 35.7 Å². The first-order chi connectivity index (χ1) is 8.70. The van der Waals surface area contributed by atoms with Gasteiger partial charge < -0.3 is 4.74 Å². The molecule has 0 radical (unpaired) electrons. The maximum Gasteiger partial charge on any atom is 0.338 e. The molecule has 0 aliphatic carbocycles. The molecule has 0 amide bonds. The van der Waals surface area contributed by atoms with E-state index in [0.717, 1.165) is 23.6 Å². The monoisotopic (exact) mass is 242 g/mol. The van der Waals surface area contributed by atoms with Crippen LogP contribution in [0, 0.1) is 6.92 Å². The molecule has 0 aliphatic heterocycles. The fourth-order valence-corrected chi connectivity index (χ4v) is 1.88. The first-order valence-corrected chi connectivity index (χ1v) is 6.38. The van der Waals surface area contributed by atoms with Gasteiger partial charge in [0.1, 0.15) is 0 Å². The lowest BCUT2D eigenvalue weighted by atomic mass is 10.0. The van der Waals surface area contributed by atoms with Crippen LogP contribution in [-0.2, 0) is 4.74 Å². The van der Waals surface area contributed by atoms with Crippen LogP contribution in [0.2, 0.25) is 0 Å². The first kappa shape index (κ1) is 12.6. The summed E-state index contributed by atoms with van der Waals surface area (Å²) in [5.74, 6) is -0.231. The Bertz CT molecular complexity index is 558. The van der Waals surface area contributed by atoms with Gasteiger partial charge in [-0.2, -0.15) is 0 Å². The molecule has 18 heavy (non-hydrogen) atoms. The molecule has 2 rings (SSSR count). The number of hydrogen-bond donors (Lipinski definition) is 0. The minimum atomic E-state index is -0.231. The Labute approximate surface area is 108 Å². The molecule has 0 aliphatic rings. The highest BCUT2D eigenvalue weighted by Gasteiger charge is 2.07. The van der Waals surface area contributed by atoms with Crippen LogP contribution in [0.25, 0.3) is 10.8 Å². The third-order valence-corrected chi connectivity index (χ3v) is 2.96. The lowest BCUT2D eigenvalue weighted by Crippen LogP contribution is -2.06. The van der Waals surface area contributed by atoms with Crippen molar-refractivity contribution in [2.45, 2.75) is 26.7 Å². The van der Waals surface area contributed by atoms with Crippen molar-refractivity contribution in [1.82, 2.24) is 0 Å². The molecule has 0 bridgehead atoms. The van der Waals surface area contributed by atoms with Crippen molar-refractivity contribution in [3.63, 3.8) is 0 Å². The van der Waals surface area contributed by atoms with Crippen molar-refractivity contribution in [3.8, 4) is 0 Å². The van der Waals surface area contributed by atoms with Gasteiger partial charge in [-0.3, -0.25) is 0 Å². The van der Waals surface area contributed by atoms with Gasteiger partial charge in [0.25, 0.3) is 0 Å². The van der Waals surface area contributed by atoms with Gasteiger partial charge in [0.2, 0.25) is 0 Å². The first-order valence-electron chi connectivity index (χ1n) is 6.38. The summed E-state index contributed by atoms with van der Waals surface area (Å²) >= 11 is 0. The summed E-state index contributed by atoms with van der Waals surface area (Å²) in [5, 5.41) is 2.23. The maximum atomic E-state index is 11.8. The highest BCUT2D eigenvalue weighted by Crippen LogP contribution is 2.18. The number of fused-ring (bicyclic) bond motifs is 1. The number of carbonyl (C=O) groups excluding carboxylic acids is 1. The smallest absolute Gasteiger partial charge is 0.338 e. The number of esters is 1. The molecule has 2 nitrogen and oxygen atoms in total. The van der Waals surface area contributed by atoms with E-state index in [1.54, 1.807) is 0 Å². The zero-order valence-corrected chi connectivity index (χ0v) is 10.9. The average Bonchev–Trinajstić information content (AvgIpc) is 2.38. The fourth-order valence-electron chi connectivity index (χ4n) is 1.88. The van der Waals surface area contributed by atoms with Gasteiger partial charge in [-0.25, -0.2) is 4.79 Å². The molecule has 94 valence electrons. The molecule has 0 atom stereocenters. The van der Waals surface area contributed by atoms with Gasteiger partial charge >= 0.3 is 5.97 Å². The number of carbonyl (C=O) groups is 1. The molecule has 0 fully saturated rings. The minimum absolute atomic E-state index is 0.231. The zero-order chi connectivity index (χ0) is 13.0. The standard InChI is InChI=1S/C16H18O2/c1-3-4-9-18-16(17)15-8-7-13-10-12(2)5-6-14(13)11-15/h5-8,10-11H,3-4,9H2,1-2H3. The van der Waals surface area contributed by atoms with Gasteiger partial charge in [-0.05, 0) is 36.2 Å². The van der Waals surface area contributed by atoms with Crippen molar-refractivity contribution < 1.29 is 9.53 Å². The van der Waals surface area contributed by atoms with Crippen LogP contribution < -0.4 is 0 Å². The van der Waals surface area contributed by atoms with E-state index in [1.165, 1.54) is 5.56 Å². The Kier molecular flexibility index (Phi) is 3.98. The van der Waals surface area contributed by atoms with Crippen LogP contribution >= 0.6 is 0 Å². The van der Waals surface area contributed by atoms with Crippen LogP contribution in [0.3, 0.4) is 0 Å². The maximum absolute atomic E-state index is 11.8. The van der Waals surface area contributed by atoms with Gasteiger partial charge in [-0.1, -0.05) is 43.2 Å². The van der Waals surface area contributed by atoms with E-state index in [9.17, 15) is 4.79 Å². The largest absolute Gasteiger partial charge is 0.462 e. The van der Waals surface area contributed by atoms with Crippen LogP contribution in [0.15, 0.2) is 36.4 Å². The Hall–Kier alpha value is -1.83. The Morgan fingerprint density at radius 1 is 1.11 bits per heavy atom. The number of ether oxygens (including phenoxy) is 1. The van der Waals surface area contributed by atoms with E-state index < -0.39 is 0 Å². The second kappa shape index (κ2) is 5.67. The molecule has 0 unspecified atom stereocenters. The van der Waals surface area contributed by atoms with E-state index in [4.69, 9.17) is 4.74 Å². The Morgan fingerprint density at radius 2 is 1.83 bits per heavy atom. The van der Waals surface area contributed by atoms with E-state index >= 15 is 0 Å². The summed E-state index contributed by atoms with van der Waals surface area (Å²) in [6, 6.07) is 11.9. The Morgan fingerprint density at radius 3 is 2.61 bits per heavy atom. The van der Waals surface area contributed by atoms with Crippen LogP contribution in [0.4, 0.5) is 0 Å². The molecule has 2 heteroatoms. The zero-order valence-electron chi connectivity index (χ0n) is 10.9. The van der Waals surface area contributed by atoms with E-state index in [-0.39, 0.29) is 5.97 Å². The number of unbranched alkanes of at least 4 members (excludes halogenated alkanes) is 1. The lowest BCUT2D eigenvalue weighted by molar-refractivity contribution is 0.0500. The highest BCUT2D eigenvalue weighted by molar-refractivity contribution is 5.95. The molecular formula is C16H18O2. The minimum Gasteiger partial charge on any atom is -0.462 e. The van der Waals surface area contributed by atoms with Crippen LogP contribution in [0.5, 0.6) is 0 Å². The summed E-state index contributed by atoms with van der Waals surface area (Å²) in [6.45, 7) is 4.64. The Balaban J connectivity index is 2.19. The number of aryl methyl sites for hydroxylation is 1. The summed E-state index contributed by atoms with van der Waals surface area (Å²) in [7, 11) is 0. The average molecular weight is 242 g/mol. The van der Waals surface area contributed by atoms with E-state index in [2.05, 4.69) is 26.0 Å². The van der Waals surface area contributed by atoms with E-state index in [0.29, 0.717) is 12.2 Å². The fraction of sp³-hybridized carbons (Fsp3) is 0.312. The predicted octanol–water partition coefficient (Wildman–Crippen LogP) is 4.11. The summed E-state index contributed by atoms with van der Waals surface area (Å²) in [4.78, 5) is 11.8. The third kappa shape index (κ3) is 2.89. The molecule has 0 aromatic heterocycles. The highest BCUT2D eigenvalue weighted by atomic mass is 16.5. The third-order valence-electron chi connectivity index (χ3n) is 2.96. The summed E-state index contributed by atoms with van der Waals surface area (Å²) in [5.41, 5.74) is 1.85. The molecule has 0 N–H and O–H groups in total. The summed E-state index contributed by atoms with van der Waals surface area (Å²) < 4.78 is 5.20. The molecule has 2 aromatic carbocycles. The summed E-state index contributed by atoms with van der Waals surface area (Å²) in [6.07, 6.45) is 1.95. The number of hydrogen-bond acceptors (Lipinski definition) is 2. The molecule has 0 saturated carbocycles. The predicted molar refractivity (Wildman–Crippen MR) is 73.9 cm³/mol.